The number of ether oxygens (including phenoxy) is 3. The lowest BCUT2D eigenvalue weighted by Crippen LogP contribution is -2.10. The largest absolute Gasteiger partial charge is 0.495 e. The molecule has 7 nitrogen and oxygen atoms in total. The summed E-state index contributed by atoms with van der Waals surface area (Å²) in [6.07, 6.45) is 0. The Labute approximate surface area is 187 Å². The van der Waals surface area contributed by atoms with Crippen LogP contribution in [-0.4, -0.2) is 42.1 Å². The third kappa shape index (κ3) is 6.47. The summed E-state index contributed by atoms with van der Waals surface area (Å²) in [5.41, 5.74) is 0.481. The van der Waals surface area contributed by atoms with Crippen LogP contribution in [-0.2, 0) is 0 Å². The Balaban J connectivity index is 1.66. The third-order valence-corrected chi connectivity index (χ3v) is 5.75. The summed E-state index contributed by atoms with van der Waals surface area (Å²) in [4.78, 5) is 12.5. The molecule has 0 aliphatic heterocycles. The summed E-state index contributed by atoms with van der Waals surface area (Å²) in [5, 5.41) is 11.5. The molecule has 0 fully saturated rings. The monoisotopic (exact) mass is 489 g/mol. The predicted octanol–water partition coefficient (Wildman–Crippen LogP) is 5.47. The lowest BCUT2D eigenvalue weighted by atomic mass is 10.1. The van der Waals surface area contributed by atoms with E-state index in [9.17, 15) is 22.4 Å². The smallest absolute Gasteiger partial charge is 0.387 e. The second-order valence-corrected chi connectivity index (χ2v) is 8.03. The minimum absolute atomic E-state index is 0.169. The third-order valence-electron chi connectivity index (χ3n) is 3.78. The average Bonchev–Trinajstić information content (AvgIpc) is 3.19. The number of aromatic nitrogens is 2. The lowest BCUT2D eigenvalue weighted by molar-refractivity contribution is -0.0544. The summed E-state index contributed by atoms with van der Waals surface area (Å²) < 4.78 is 64.2. The van der Waals surface area contributed by atoms with E-state index in [4.69, 9.17) is 4.74 Å². The molecular formula is C19H15F4N3O4S2. The Morgan fingerprint density at radius 3 is 2.53 bits per heavy atom. The number of carbonyl (C=O) groups is 1. The number of anilines is 2. The Morgan fingerprint density at radius 1 is 1.06 bits per heavy atom. The number of rotatable bonds is 11. The van der Waals surface area contributed by atoms with Gasteiger partial charge in [-0.15, -0.1) is 10.2 Å². The van der Waals surface area contributed by atoms with Gasteiger partial charge in [0.1, 0.15) is 17.2 Å². The minimum atomic E-state index is -3.25. The fraction of sp³-hybridized carbons (Fsp3) is 0.211. The molecule has 0 aliphatic rings. The molecule has 0 amide bonds. The van der Waals surface area contributed by atoms with Crippen LogP contribution in [0, 0.1) is 0 Å². The summed E-state index contributed by atoms with van der Waals surface area (Å²) in [6.45, 7) is -6.40. The van der Waals surface area contributed by atoms with Crippen molar-refractivity contribution in [1.29, 1.82) is 0 Å². The average molecular weight is 489 g/mol. The number of halogens is 4. The van der Waals surface area contributed by atoms with Gasteiger partial charge in [-0.2, -0.15) is 17.6 Å². The van der Waals surface area contributed by atoms with Crippen LogP contribution in [0.1, 0.15) is 10.4 Å². The van der Waals surface area contributed by atoms with Crippen molar-refractivity contribution in [1.82, 2.24) is 10.2 Å². The molecule has 0 atom stereocenters. The maximum atomic E-state index is 12.7. The van der Waals surface area contributed by atoms with Crippen LogP contribution in [0.4, 0.5) is 28.4 Å². The number of Topliss-reactive ketones (excluding diaryl/α,β-unsaturated/α-hetero) is 1. The van der Waals surface area contributed by atoms with Crippen molar-refractivity contribution < 1.29 is 36.6 Å². The van der Waals surface area contributed by atoms with Crippen LogP contribution in [0.5, 0.6) is 17.2 Å². The second kappa shape index (κ2) is 11.0. The Hall–Kier alpha value is -3.06. The number of nitrogens with zero attached hydrogens (tertiary/aromatic N) is 2. The summed E-state index contributed by atoms with van der Waals surface area (Å²) in [6, 6.07) is 10.2. The highest BCUT2D eigenvalue weighted by molar-refractivity contribution is 8.01. The van der Waals surface area contributed by atoms with E-state index in [1.807, 2.05) is 12.1 Å². The fourth-order valence-corrected chi connectivity index (χ4v) is 4.14. The van der Waals surface area contributed by atoms with Crippen molar-refractivity contribution in [3.05, 3.63) is 48.0 Å². The minimum Gasteiger partial charge on any atom is -0.495 e. The molecular weight excluding hydrogens is 474 g/mol. The van der Waals surface area contributed by atoms with Gasteiger partial charge in [0.25, 0.3) is 0 Å². The first-order valence-electron chi connectivity index (χ1n) is 8.79. The number of nitrogens with one attached hydrogen (secondary N) is 1. The number of carbonyl (C=O) groups excluding carboxylic acids is 1. The zero-order valence-electron chi connectivity index (χ0n) is 16.3. The molecule has 0 unspecified atom stereocenters. The molecule has 0 saturated carbocycles. The molecule has 2 aromatic carbocycles. The van der Waals surface area contributed by atoms with E-state index in [1.165, 1.54) is 18.4 Å². The molecule has 32 heavy (non-hydrogen) atoms. The van der Waals surface area contributed by atoms with Gasteiger partial charge in [0.2, 0.25) is 5.13 Å². The molecule has 0 aliphatic carbocycles. The van der Waals surface area contributed by atoms with Gasteiger partial charge in [0.15, 0.2) is 10.1 Å². The predicted molar refractivity (Wildman–Crippen MR) is 111 cm³/mol. The Morgan fingerprint density at radius 2 is 1.81 bits per heavy atom. The quantitative estimate of drug-likeness (QED) is 0.216. The van der Waals surface area contributed by atoms with Gasteiger partial charge in [-0.3, -0.25) is 4.79 Å². The molecule has 13 heteroatoms. The fourth-order valence-electron chi connectivity index (χ4n) is 2.49. The van der Waals surface area contributed by atoms with E-state index >= 15 is 0 Å². The van der Waals surface area contributed by atoms with E-state index in [0.717, 1.165) is 30.0 Å². The number of hydrogen-bond acceptors (Lipinski definition) is 9. The van der Waals surface area contributed by atoms with Gasteiger partial charge in [-0.25, -0.2) is 0 Å². The summed E-state index contributed by atoms with van der Waals surface area (Å²) in [7, 11) is 1.53. The lowest BCUT2D eigenvalue weighted by Gasteiger charge is -2.12. The number of alkyl halides is 4. The van der Waals surface area contributed by atoms with Gasteiger partial charge in [-0.1, -0.05) is 35.2 Å². The number of thioether (sulfide) groups is 1. The first kappa shape index (κ1) is 23.6. The SMILES string of the molecule is COc1ccccc1Nc1nnc(SCC(=O)c2ccc(OC(F)F)cc2OC(F)F)s1. The van der Waals surface area contributed by atoms with Crippen molar-refractivity contribution in [2.24, 2.45) is 0 Å². The standard InChI is InChI=1S/C19H15F4N3O4S2/c1-28-14-5-3-2-4-12(14)24-18-25-26-19(32-18)31-9-13(27)11-7-6-10(29-16(20)21)8-15(11)30-17(22)23/h2-8,16-17H,9H2,1H3,(H,24,25). The normalized spacial score (nSPS) is 11.0. The second-order valence-electron chi connectivity index (χ2n) is 5.83. The van der Waals surface area contributed by atoms with E-state index in [0.29, 0.717) is 20.9 Å². The van der Waals surface area contributed by atoms with E-state index in [1.54, 1.807) is 12.1 Å². The van der Waals surface area contributed by atoms with Crippen molar-refractivity contribution >= 4 is 39.7 Å². The Bertz CT molecular complexity index is 1070. The zero-order chi connectivity index (χ0) is 23.1. The van der Waals surface area contributed by atoms with Gasteiger partial charge < -0.3 is 19.5 Å². The van der Waals surface area contributed by atoms with Crippen molar-refractivity contribution in [2.45, 2.75) is 17.6 Å². The molecule has 0 saturated heterocycles. The van der Waals surface area contributed by atoms with E-state index in [2.05, 4.69) is 25.0 Å². The van der Waals surface area contributed by atoms with Crippen molar-refractivity contribution in [3.63, 3.8) is 0 Å². The Kier molecular flexibility index (Phi) is 8.11. The molecule has 1 heterocycles. The first-order chi connectivity index (χ1) is 15.4. The van der Waals surface area contributed by atoms with Gasteiger partial charge in [0.05, 0.1) is 24.1 Å². The van der Waals surface area contributed by atoms with Gasteiger partial charge >= 0.3 is 13.2 Å². The van der Waals surface area contributed by atoms with Gasteiger partial charge in [0, 0.05) is 6.07 Å². The van der Waals surface area contributed by atoms with Gasteiger partial charge in [-0.05, 0) is 24.3 Å². The maximum Gasteiger partial charge on any atom is 0.387 e. The maximum absolute atomic E-state index is 12.7. The molecule has 0 radical (unpaired) electrons. The van der Waals surface area contributed by atoms with Crippen LogP contribution in [0.2, 0.25) is 0 Å². The highest BCUT2D eigenvalue weighted by Gasteiger charge is 2.19. The highest BCUT2D eigenvalue weighted by Crippen LogP contribution is 2.33. The molecule has 0 spiro atoms. The van der Waals surface area contributed by atoms with Crippen LogP contribution in [0.15, 0.2) is 46.8 Å². The number of methoxy groups -OCH3 is 1. The molecule has 3 aromatic rings. The van der Waals surface area contributed by atoms with Crippen molar-refractivity contribution in [3.8, 4) is 17.2 Å². The zero-order valence-corrected chi connectivity index (χ0v) is 17.9. The van der Waals surface area contributed by atoms with E-state index < -0.39 is 30.5 Å². The molecule has 3 rings (SSSR count). The number of benzene rings is 2. The van der Waals surface area contributed by atoms with Crippen LogP contribution in [0.3, 0.4) is 0 Å². The van der Waals surface area contributed by atoms with Crippen molar-refractivity contribution in [2.75, 3.05) is 18.2 Å². The van der Waals surface area contributed by atoms with Crippen LogP contribution < -0.4 is 19.5 Å². The topological polar surface area (TPSA) is 82.6 Å². The highest BCUT2D eigenvalue weighted by atomic mass is 32.2. The van der Waals surface area contributed by atoms with Crippen LogP contribution >= 0.6 is 23.1 Å². The molecule has 1 N–H and O–H groups in total. The number of para-hydroxylation sites is 2. The van der Waals surface area contributed by atoms with E-state index in [-0.39, 0.29) is 11.3 Å². The van der Waals surface area contributed by atoms with Crippen LogP contribution in [0.25, 0.3) is 0 Å². The summed E-state index contributed by atoms with van der Waals surface area (Å²) >= 11 is 2.21. The molecule has 170 valence electrons. The number of ketones is 1. The number of hydrogen-bond donors (Lipinski definition) is 1. The first-order valence-corrected chi connectivity index (χ1v) is 10.6. The molecule has 0 bridgehead atoms. The summed E-state index contributed by atoms with van der Waals surface area (Å²) in [5.74, 6) is -1.09. The molecule has 1 aromatic heterocycles.